The lowest BCUT2D eigenvalue weighted by atomic mass is 10.0. The third-order valence-corrected chi connectivity index (χ3v) is 5.63. The molecule has 8 nitrogen and oxygen atoms in total. The second kappa shape index (κ2) is 6.94. The van der Waals surface area contributed by atoms with E-state index in [1.165, 1.54) is 6.26 Å². The number of rotatable bonds is 3. The number of benzene rings is 2. The minimum absolute atomic E-state index is 0.235. The van der Waals surface area contributed by atoms with Gasteiger partial charge in [0, 0.05) is 12.0 Å². The maximum atomic E-state index is 13.1. The first-order chi connectivity index (χ1) is 15.3. The molecule has 1 atom stereocenters. The highest BCUT2D eigenvalue weighted by Gasteiger charge is 2.37. The highest BCUT2D eigenvalue weighted by atomic mass is 16.5. The molecule has 152 valence electrons. The average Bonchev–Trinajstić information content (AvgIpc) is 3.58. The minimum Gasteiger partial charge on any atom is -0.459 e. The number of aromatic amines is 1. The summed E-state index contributed by atoms with van der Waals surface area (Å²) in [6.07, 6.45) is 3.60. The van der Waals surface area contributed by atoms with Crippen molar-refractivity contribution in [1.29, 1.82) is 0 Å². The molecule has 0 saturated heterocycles. The van der Waals surface area contributed by atoms with Crippen LogP contribution in [0.25, 0.3) is 22.2 Å². The van der Waals surface area contributed by atoms with E-state index in [0.29, 0.717) is 24.7 Å². The summed E-state index contributed by atoms with van der Waals surface area (Å²) < 4.78 is 11.0. The number of carbonyl (C=O) groups is 1. The van der Waals surface area contributed by atoms with Crippen LogP contribution in [0, 0.1) is 0 Å². The molecule has 31 heavy (non-hydrogen) atoms. The molecule has 5 aromatic rings. The summed E-state index contributed by atoms with van der Waals surface area (Å²) in [6, 6.07) is 17.0. The molecule has 0 bridgehead atoms. The Kier molecular flexibility index (Phi) is 3.95. The first-order valence-corrected chi connectivity index (χ1v) is 9.94. The number of amides is 1. The van der Waals surface area contributed by atoms with E-state index in [4.69, 9.17) is 8.94 Å². The molecule has 1 aliphatic rings. The van der Waals surface area contributed by atoms with Gasteiger partial charge in [0.25, 0.3) is 5.91 Å². The fourth-order valence-electron chi connectivity index (χ4n) is 4.03. The van der Waals surface area contributed by atoms with Gasteiger partial charge >= 0.3 is 0 Å². The normalized spacial score (nSPS) is 15.9. The van der Waals surface area contributed by atoms with Crippen molar-refractivity contribution in [2.24, 2.45) is 0 Å². The number of hydrogen-bond donors (Lipinski definition) is 1. The van der Waals surface area contributed by atoms with Crippen LogP contribution in [-0.4, -0.2) is 30.9 Å². The van der Waals surface area contributed by atoms with Crippen LogP contribution < -0.4 is 0 Å². The third kappa shape index (κ3) is 3.00. The number of furan rings is 1. The summed E-state index contributed by atoms with van der Waals surface area (Å²) in [5.74, 6) is 0.888. The Hall–Kier alpha value is -4.20. The molecule has 1 aliphatic heterocycles. The van der Waals surface area contributed by atoms with E-state index in [0.717, 1.165) is 27.7 Å². The van der Waals surface area contributed by atoms with E-state index in [1.54, 1.807) is 23.4 Å². The molecule has 1 N–H and O–H groups in total. The minimum atomic E-state index is -0.435. The van der Waals surface area contributed by atoms with Crippen molar-refractivity contribution < 1.29 is 13.7 Å². The topological polar surface area (TPSA) is 101 Å². The molecule has 0 saturated carbocycles. The van der Waals surface area contributed by atoms with Crippen molar-refractivity contribution in [1.82, 2.24) is 25.0 Å². The number of fused-ring (bicyclic) bond motifs is 2. The number of aromatic nitrogens is 4. The lowest BCUT2D eigenvalue weighted by Gasteiger charge is -2.32. The molecule has 1 amide bonds. The number of carbonyl (C=O) groups excluding carboxylic acids is 1. The number of H-pyrrole nitrogens is 1. The third-order valence-electron chi connectivity index (χ3n) is 5.63. The maximum Gasteiger partial charge on any atom is 0.290 e. The van der Waals surface area contributed by atoms with Crippen LogP contribution in [0.1, 0.15) is 33.9 Å². The van der Waals surface area contributed by atoms with Crippen LogP contribution >= 0.6 is 0 Å². The zero-order valence-electron chi connectivity index (χ0n) is 16.4. The van der Waals surface area contributed by atoms with Gasteiger partial charge in [0.15, 0.2) is 5.76 Å². The van der Waals surface area contributed by atoms with Crippen LogP contribution in [-0.2, 0) is 13.0 Å². The highest BCUT2D eigenvalue weighted by Crippen LogP contribution is 2.33. The van der Waals surface area contributed by atoms with E-state index in [-0.39, 0.29) is 11.7 Å². The average molecular weight is 411 g/mol. The summed E-state index contributed by atoms with van der Waals surface area (Å²) >= 11 is 0. The van der Waals surface area contributed by atoms with E-state index >= 15 is 0 Å². The Labute approximate surface area is 176 Å². The number of imidazole rings is 1. The monoisotopic (exact) mass is 411 g/mol. The first-order valence-electron chi connectivity index (χ1n) is 9.94. The van der Waals surface area contributed by atoms with Gasteiger partial charge < -0.3 is 18.8 Å². The van der Waals surface area contributed by atoms with Gasteiger partial charge in [-0.3, -0.25) is 4.79 Å². The van der Waals surface area contributed by atoms with E-state index in [1.807, 2.05) is 36.4 Å². The van der Waals surface area contributed by atoms with Crippen LogP contribution in [0.5, 0.6) is 0 Å². The molecular formula is C23H17N5O3. The van der Waals surface area contributed by atoms with Crippen LogP contribution in [0.2, 0.25) is 0 Å². The maximum absolute atomic E-state index is 13.1. The van der Waals surface area contributed by atoms with Crippen molar-refractivity contribution in [2.45, 2.75) is 19.0 Å². The van der Waals surface area contributed by atoms with E-state index in [2.05, 4.69) is 26.2 Å². The molecule has 0 unspecified atom stereocenters. The summed E-state index contributed by atoms with van der Waals surface area (Å²) in [5.41, 5.74) is 2.64. The first kappa shape index (κ1) is 17.6. The summed E-state index contributed by atoms with van der Waals surface area (Å²) in [7, 11) is 0. The van der Waals surface area contributed by atoms with Gasteiger partial charge in [-0.25, -0.2) is 4.98 Å². The zero-order chi connectivity index (χ0) is 20.8. The lowest BCUT2D eigenvalue weighted by Crippen LogP contribution is -2.39. The number of nitrogens with zero attached hydrogens (tertiary/aromatic N) is 4. The van der Waals surface area contributed by atoms with Gasteiger partial charge in [0.2, 0.25) is 11.7 Å². The highest BCUT2D eigenvalue weighted by molar-refractivity contribution is 5.92. The Bertz CT molecular complexity index is 1390. The SMILES string of the molecule is O=C(c1ccco1)N1Cc2[nH]cnc2C[C@H]1c1nc(-c2ccc3ccccc3c2)no1. The van der Waals surface area contributed by atoms with Gasteiger partial charge in [0.05, 0.1) is 30.5 Å². The predicted molar refractivity (Wildman–Crippen MR) is 111 cm³/mol. The molecule has 0 radical (unpaired) electrons. The Morgan fingerprint density at radius 2 is 2.00 bits per heavy atom. The largest absolute Gasteiger partial charge is 0.459 e. The molecule has 0 aliphatic carbocycles. The van der Waals surface area contributed by atoms with Crippen molar-refractivity contribution in [2.75, 3.05) is 0 Å². The van der Waals surface area contributed by atoms with Crippen molar-refractivity contribution in [3.63, 3.8) is 0 Å². The molecule has 3 aromatic heterocycles. The Morgan fingerprint density at radius 3 is 2.87 bits per heavy atom. The summed E-state index contributed by atoms with van der Waals surface area (Å²) in [4.78, 5) is 26.9. The standard InChI is InChI=1S/C23H17N5O3/c29-23(20-6-3-9-30-20)28-12-18-17(24-13-25-18)11-19(28)22-26-21(27-31-22)16-8-7-14-4-1-2-5-15(14)10-16/h1-10,13,19H,11-12H2,(H,24,25)/t19-/m0/s1. The molecular weight excluding hydrogens is 394 g/mol. The van der Waals surface area contributed by atoms with Gasteiger partial charge in [-0.15, -0.1) is 0 Å². The molecule has 0 fully saturated rings. The molecule has 8 heteroatoms. The van der Waals surface area contributed by atoms with E-state index < -0.39 is 6.04 Å². The molecule has 4 heterocycles. The molecule has 0 spiro atoms. The smallest absolute Gasteiger partial charge is 0.290 e. The molecule has 2 aromatic carbocycles. The van der Waals surface area contributed by atoms with Gasteiger partial charge in [-0.1, -0.05) is 41.6 Å². The number of hydrogen-bond acceptors (Lipinski definition) is 6. The van der Waals surface area contributed by atoms with Crippen molar-refractivity contribution in [3.8, 4) is 11.4 Å². The second-order valence-electron chi connectivity index (χ2n) is 7.48. The number of nitrogens with one attached hydrogen (secondary N) is 1. The molecule has 6 rings (SSSR count). The van der Waals surface area contributed by atoms with Gasteiger partial charge in [-0.2, -0.15) is 4.98 Å². The van der Waals surface area contributed by atoms with Gasteiger partial charge in [0.1, 0.15) is 6.04 Å². The van der Waals surface area contributed by atoms with Crippen molar-refractivity contribution in [3.05, 3.63) is 90.2 Å². The van der Waals surface area contributed by atoms with Crippen LogP contribution in [0.3, 0.4) is 0 Å². The Morgan fingerprint density at radius 1 is 1.10 bits per heavy atom. The van der Waals surface area contributed by atoms with Gasteiger partial charge in [-0.05, 0) is 29.0 Å². The second-order valence-corrected chi connectivity index (χ2v) is 7.48. The summed E-state index contributed by atoms with van der Waals surface area (Å²) in [5, 5.41) is 6.43. The fourth-order valence-corrected chi connectivity index (χ4v) is 4.03. The predicted octanol–water partition coefficient (Wildman–Crippen LogP) is 4.15. The zero-order valence-corrected chi connectivity index (χ0v) is 16.4. The van der Waals surface area contributed by atoms with Crippen LogP contribution in [0.15, 0.2) is 76.1 Å². The fraction of sp³-hybridized carbons (Fsp3) is 0.130. The quantitative estimate of drug-likeness (QED) is 0.479. The van der Waals surface area contributed by atoms with E-state index in [9.17, 15) is 4.79 Å². The van der Waals surface area contributed by atoms with Crippen LogP contribution in [0.4, 0.5) is 0 Å². The Balaban J connectivity index is 1.37. The summed E-state index contributed by atoms with van der Waals surface area (Å²) in [6.45, 7) is 0.354. The lowest BCUT2D eigenvalue weighted by molar-refractivity contribution is 0.0557. The van der Waals surface area contributed by atoms with Crippen molar-refractivity contribution >= 4 is 16.7 Å².